The lowest BCUT2D eigenvalue weighted by Gasteiger charge is -2.40. The third-order valence-electron chi connectivity index (χ3n) is 3.87. The maximum absolute atomic E-state index is 12.4. The van der Waals surface area contributed by atoms with E-state index in [9.17, 15) is 8.42 Å². The number of benzene rings is 1. The van der Waals surface area contributed by atoms with Crippen LogP contribution in [0.5, 0.6) is 0 Å². The first-order chi connectivity index (χ1) is 9.30. The molecule has 1 aliphatic rings. The van der Waals surface area contributed by atoms with Crippen molar-refractivity contribution in [1.29, 1.82) is 0 Å². The summed E-state index contributed by atoms with van der Waals surface area (Å²) in [6.45, 7) is 2.04. The molecule has 112 valence electrons. The minimum absolute atomic E-state index is 0.212. The van der Waals surface area contributed by atoms with E-state index < -0.39 is 10.0 Å². The molecule has 20 heavy (non-hydrogen) atoms. The van der Waals surface area contributed by atoms with E-state index in [0.717, 1.165) is 19.3 Å². The highest BCUT2D eigenvalue weighted by molar-refractivity contribution is 9.10. The van der Waals surface area contributed by atoms with Crippen molar-refractivity contribution in [2.45, 2.75) is 36.7 Å². The molecule has 1 fully saturated rings. The fourth-order valence-electron chi connectivity index (χ4n) is 2.29. The van der Waals surface area contributed by atoms with E-state index in [1.807, 2.05) is 0 Å². The molecule has 7 heteroatoms. The van der Waals surface area contributed by atoms with Crippen molar-refractivity contribution in [3.05, 3.63) is 22.2 Å². The van der Waals surface area contributed by atoms with Crippen LogP contribution in [0.1, 0.15) is 24.8 Å². The van der Waals surface area contributed by atoms with Crippen molar-refractivity contribution in [1.82, 2.24) is 4.72 Å². The number of hydrogen-bond donors (Lipinski definition) is 2. The summed E-state index contributed by atoms with van der Waals surface area (Å²) in [6.07, 6.45) is 2.83. The molecular formula is C13H19BrN2O3S. The maximum Gasteiger partial charge on any atom is 0.241 e. The lowest BCUT2D eigenvalue weighted by molar-refractivity contribution is -0.0659. The zero-order chi connectivity index (χ0) is 15.0. The number of methoxy groups -OCH3 is 1. The molecule has 0 aliphatic heterocycles. The van der Waals surface area contributed by atoms with E-state index in [1.54, 1.807) is 20.1 Å². The van der Waals surface area contributed by atoms with Gasteiger partial charge < -0.3 is 10.5 Å². The molecule has 1 aromatic carbocycles. The molecule has 0 heterocycles. The van der Waals surface area contributed by atoms with Gasteiger partial charge in [0.25, 0.3) is 0 Å². The van der Waals surface area contributed by atoms with E-state index in [1.165, 1.54) is 6.07 Å². The maximum atomic E-state index is 12.4. The zero-order valence-electron chi connectivity index (χ0n) is 11.6. The van der Waals surface area contributed by atoms with Gasteiger partial charge in [0, 0.05) is 23.8 Å². The van der Waals surface area contributed by atoms with Crippen LogP contribution in [0.15, 0.2) is 21.5 Å². The Labute approximate surface area is 128 Å². The summed E-state index contributed by atoms with van der Waals surface area (Å²) >= 11 is 3.29. The highest BCUT2D eigenvalue weighted by Crippen LogP contribution is 2.35. The summed E-state index contributed by atoms with van der Waals surface area (Å²) in [5, 5.41) is 0. The quantitative estimate of drug-likeness (QED) is 0.786. The Morgan fingerprint density at radius 1 is 1.45 bits per heavy atom. The van der Waals surface area contributed by atoms with Crippen LogP contribution in [0.3, 0.4) is 0 Å². The first-order valence-electron chi connectivity index (χ1n) is 6.40. The van der Waals surface area contributed by atoms with E-state index in [0.29, 0.717) is 22.3 Å². The number of anilines is 1. The van der Waals surface area contributed by atoms with Crippen molar-refractivity contribution in [3.63, 3.8) is 0 Å². The van der Waals surface area contributed by atoms with Gasteiger partial charge >= 0.3 is 0 Å². The number of halogens is 1. The number of rotatable bonds is 5. The number of nitrogens with two attached hydrogens (primary N) is 1. The van der Waals surface area contributed by atoms with Gasteiger partial charge in [-0.2, -0.15) is 0 Å². The molecule has 0 radical (unpaired) electrons. The molecule has 0 spiro atoms. The molecule has 0 aromatic heterocycles. The standard InChI is InChI=1S/C13H19BrN2O3S/c1-9-6-10(14)11(15)7-12(9)20(17,18)16-8-13(19-2)4-3-5-13/h6-7,16H,3-5,8,15H2,1-2H3. The van der Waals surface area contributed by atoms with Gasteiger partial charge in [0.05, 0.1) is 10.5 Å². The molecule has 1 saturated carbocycles. The van der Waals surface area contributed by atoms with Crippen molar-refractivity contribution < 1.29 is 13.2 Å². The zero-order valence-corrected chi connectivity index (χ0v) is 14.0. The van der Waals surface area contributed by atoms with Gasteiger partial charge in [-0.3, -0.25) is 0 Å². The minimum atomic E-state index is -3.58. The van der Waals surface area contributed by atoms with Crippen LogP contribution in [-0.4, -0.2) is 27.7 Å². The van der Waals surface area contributed by atoms with Gasteiger partial charge in [-0.15, -0.1) is 0 Å². The number of sulfonamides is 1. The second-order valence-corrected chi connectivity index (χ2v) is 7.79. The van der Waals surface area contributed by atoms with Crippen LogP contribution < -0.4 is 10.5 Å². The second kappa shape index (κ2) is 5.63. The van der Waals surface area contributed by atoms with Crippen LogP contribution in [-0.2, 0) is 14.8 Å². The Kier molecular flexibility index (Phi) is 4.44. The van der Waals surface area contributed by atoms with Crippen LogP contribution >= 0.6 is 15.9 Å². The van der Waals surface area contributed by atoms with Crippen LogP contribution in [0.25, 0.3) is 0 Å². The van der Waals surface area contributed by atoms with E-state index in [4.69, 9.17) is 10.5 Å². The molecule has 1 aromatic rings. The summed E-state index contributed by atoms with van der Waals surface area (Å²) in [7, 11) is -1.96. The molecule has 0 bridgehead atoms. The molecular weight excluding hydrogens is 344 g/mol. The highest BCUT2D eigenvalue weighted by atomic mass is 79.9. The smallest absolute Gasteiger partial charge is 0.241 e. The average Bonchev–Trinajstić information content (AvgIpc) is 2.32. The average molecular weight is 363 g/mol. The van der Waals surface area contributed by atoms with E-state index >= 15 is 0 Å². The number of aryl methyl sites for hydroxylation is 1. The molecule has 0 unspecified atom stereocenters. The number of hydrogen-bond acceptors (Lipinski definition) is 4. The molecule has 0 amide bonds. The molecule has 1 aliphatic carbocycles. The molecule has 2 rings (SSSR count). The Hall–Kier alpha value is -0.630. The fourth-order valence-corrected chi connectivity index (χ4v) is 4.12. The van der Waals surface area contributed by atoms with Crippen molar-refractivity contribution in [3.8, 4) is 0 Å². The lowest BCUT2D eigenvalue weighted by Crippen LogP contribution is -2.49. The second-order valence-electron chi connectivity index (χ2n) is 5.20. The minimum Gasteiger partial charge on any atom is -0.398 e. The topological polar surface area (TPSA) is 81.4 Å². The van der Waals surface area contributed by atoms with E-state index in [-0.39, 0.29) is 10.5 Å². The van der Waals surface area contributed by atoms with Gasteiger partial charge in [0.1, 0.15) is 0 Å². The van der Waals surface area contributed by atoms with Gasteiger partial charge in [0.2, 0.25) is 10.0 Å². The summed E-state index contributed by atoms with van der Waals surface area (Å²) in [5.74, 6) is 0. The Balaban J connectivity index is 2.20. The Morgan fingerprint density at radius 2 is 2.10 bits per heavy atom. The molecule has 5 nitrogen and oxygen atoms in total. The predicted octanol–water partition coefficient (Wildman–Crippen LogP) is 2.19. The van der Waals surface area contributed by atoms with Crippen molar-refractivity contribution in [2.24, 2.45) is 0 Å². The Morgan fingerprint density at radius 3 is 2.60 bits per heavy atom. The molecule has 3 N–H and O–H groups in total. The monoisotopic (exact) mass is 362 g/mol. The largest absolute Gasteiger partial charge is 0.398 e. The summed E-state index contributed by atoms with van der Waals surface area (Å²) in [5.41, 5.74) is 6.48. The number of nitrogen functional groups attached to an aromatic ring is 1. The SMILES string of the molecule is COC1(CNS(=O)(=O)c2cc(N)c(Br)cc2C)CCC1. The van der Waals surface area contributed by atoms with Gasteiger partial charge in [0.15, 0.2) is 0 Å². The van der Waals surface area contributed by atoms with Crippen LogP contribution in [0.4, 0.5) is 5.69 Å². The highest BCUT2D eigenvalue weighted by Gasteiger charge is 2.38. The van der Waals surface area contributed by atoms with Crippen LogP contribution in [0, 0.1) is 6.92 Å². The van der Waals surface area contributed by atoms with Crippen molar-refractivity contribution >= 4 is 31.6 Å². The summed E-state index contributed by atoms with van der Waals surface area (Å²) in [6, 6.07) is 3.18. The summed E-state index contributed by atoms with van der Waals surface area (Å²) < 4.78 is 33.5. The fraction of sp³-hybridized carbons (Fsp3) is 0.538. The molecule has 0 saturated heterocycles. The first-order valence-corrected chi connectivity index (χ1v) is 8.68. The Bertz CT molecular complexity index is 607. The lowest BCUT2D eigenvalue weighted by atomic mass is 9.80. The normalized spacial score (nSPS) is 17.8. The number of nitrogens with one attached hydrogen (secondary N) is 1. The first kappa shape index (κ1) is 15.8. The van der Waals surface area contributed by atoms with Gasteiger partial charge in [-0.05, 0) is 59.8 Å². The summed E-state index contributed by atoms with van der Waals surface area (Å²) in [4.78, 5) is 0.212. The van der Waals surface area contributed by atoms with E-state index in [2.05, 4.69) is 20.7 Å². The van der Waals surface area contributed by atoms with Crippen molar-refractivity contribution in [2.75, 3.05) is 19.4 Å². The van der Waals surface area contributed by atoms with Crippen LogP contribution in [0.2, 0.25) is 0 Å². The van der Waals surface area contributed by atoms with Gasteiger partial charge in [-0.1, -0.05) is 0 Å². The van der Waals surface area contributed by atoms with Gasteiger partial charge in [-0.25, -0.2) is 13.1 Å². The predicted molar refractivity (Wildman–Crippen MR) is 82.1 cm³/mol. The third-order valence-corrected chi connectivity index (χ3v) is 6.10. The molecule has 0 atom stereocenters. The number of ether oxygens (including phenoxy) is 1. The third kappa shape index (κ3) is 3.00.